The summed E-state index contributed by atoms with van der Waals surface area (Å²) in [5, 5.41) is 0. The monoisotopic (exact) mass is 231 g/mol. The fraction of sp³-hybridized carbons (Fsp3) is 0.688. The number of hydrogen-bond acceptors (Lipinski definition) is 0. The van der Waals surface area contributed by atoms with Gasteiger partial charge in [0.05, 0.1) is 0 Å². The average molecular weight is 231 g/mol. The van der Waals surface area contributed by atoms with Crippen LogP contribution in [0.3, 0.4) is 0 Å². The van der Waals surface area contributed by atoms with E-state index in [2.05, 4.69) is 6.08 Å². The predicted octanol–water partition coefficient (Wildman–Crippen LogP) is 4.59. The molecule has 0 atom stereocenters. The van der Waals surface area contributed by atoms with Crippen molar-refractivity contribution in [1.82, 2.24) is 0 Å². The fourth-order valence-electron chi connectivity index (χ4n) is 5.42. The summed E-state index contributed by atoms with van der Waals surface area (Å²) in [5.41, 5.74) is 0.475. The van der Waals surface area contributed by atoms with E-state index < -0.39 is 0 Å². The zero-order chi connectivity index (χ0) is 11.5. The molecule has 1 heteroatoms. The molecular formula is C16H20F. The van der Waals surface area contributed by atoms with Gasteiger partial charge in [0.15, 0.2) is 0 Å². The lowest BCUT2D eigenvalue weighted by molar-refractivity contribution is -0.0412. The summed E-state index contributed by atoms with van der Waals surface area (Å²) >= 11 is 0. The van der Waals surface area contributed by atoms with Crippen LogP contribution in [-0.4, -0.2) is 0 Å². The molecule has 0 spiro atoms. The minimum atomic E-state index is -0.0431. The van der Waals surface area contributed by atoms with Gasteiger partial charge in [-0.25, -0.2) is 4.39 Å². The highest BCUT2D eigenvalue weighted by molar-refractivity contribution is 5.33. The molecule has 4 bridgehead atoms. The molecule has 0 aliphatic heterocycles. The van der Waals surface area contributed by atoms with Crippen LogP contribution in [0.25, 0.3) is 0 Å². The maximum atomic E-state index is 13.1. The summed E-state index contributed by atoms with van der Waals surface area (Å²) in [7, 11) is 0. The van der Waals surface area contributed by atoms with Gasteiger partial charge in [-0.1, -0.05) is 6.08 Å². The minimum Gasteiger partial charge on any atom is -0.207 e. The van der Waals surface area contributed by atoms with Crippen molar-refractivity contribution in [2.75, 3.05) is 0 Å². The van der Waals surface area contributed by atoms with Crippen LogP contribution in [0.4, 0.5) is 4.39 Å². The van der Waals surface area contributed by atoms with Crippen LogP contribution < -0.4 is 0 Å². The SMILES string of the molecule is FC1=CC[C](C23CC4CC(CC(C4)C2)C3)C=C1. The summed E-state index contributed by atoms with van der Waals surface area (Å²) in [6.45, 7) is 0. The third-order valence-corrected chi connectivity index (χ3v) is 5.68. The Hall–Kier alpha value is -0.590. The molecule has 91 valence electrons. The topological polar surface area (TPSA) is 0 Å². The molecule has 0 aromatic heterocycles. The summed E-state index contributed by atoms with van der Waals surface area (Å²) < 4.78 is 13.1. The number of allylic oxidation sites excluding steroid dienone is 4. The van der Waals surface area contributed by atoms with Crippen molar-refractivity contribution < 1.29 is 4.39 Å². The first-order valence-electron chi connectivity index (χ1n) is 7.14. The number of halogens is 1. The Morgan fingerprint density at radius 2 is 1.53 bits per heavy atom. The molecule has 0 nitrogen and oxygen atoms in total. The maximum Gasteiger partial charge on any atom is 0.118 e. The first-order chi connectivity index (χ1) is 8.23. The molecule has 0 saturated heterocycles. The van der Waals surface area contributed by atoms with Crippen LogP contribution >= 0.6 is 0 Å². The Kier molecular flexibility index (Phi) is 2.11. The Labute approximate surface area is 103 Å². The first-order valence-corrected chi connectivity index (χ1v) is 7.14. The quantitative estimate of drug-likeness (QED) is 0.619. The van der Waals surface area contributed by atoms with Gasteiger partial charge < -0.3 is 0 Å². The third-order valence-electron chi connectivity index (χ3n) is 5.68. The molecule has 0 heterocycles. The van der Waals surface area contributed by atoms with Crippen molar-refractivity contribution in [2.24, 2.45) is 23.2 Å². The lowest BCUT2D eigenvalue weighted by Crippen LogP contribution is -2.48. The van der Waals surface area contributed by atoms with Crippen LogP contribution in [0.15, 0.2) is 24.1 Å². The maximum absolute atomic E-state index is 13.1. The van der Waals surface area contributed by atoms with E-state index in [-0.39, 0.29) is 5.83 Å². The fourth-order valence-corrected chi connectivity index (χ4v) is 5.42. The van der Waals surface area contributed by atoms with Crippen LogP contribution in [-0.2, 0) is 0 Å². The van der Waals surface area contributed by atoms with Crippen molar-refractivity contribution in [3.63, 3.8) is 0 Å². The van der Waals surface area contributed by atoms with E-state index in [1.807, 2.05) is 0 Å². The van der Waals surface area contributed by atoms with Gasteiger partial charge in [0.2, 0.25) is 0 Å². The highest BCUT2D eigenvalue weighted by atomic mass is 19.1. The molecule has 4 fully saturated rings. The molecule has 0 aromatic carbocycles. The largest absolute Gasteiger partial charge is 0.207 e. The Bertz CT molecular complexity index is 355. The molecule has 17 heavy (non-hydrogen) atoms. The van der Waals surface area contributed by atoms with Crippen molar-refractivity contribution in [2.45, 2.75) is 44.9 Å². The first kappa shape index (κ1) is 10.3. The Morgan fingerprint density at radius 1 is 0.941 bits per heavy atom. The lowest BCUT2D eigenvalue weighted by atomic mass is 9.46. The Balaban J connectivity index is 1.63. The Morgan fingerprint density at radius 3 is 2.00 bits per heavy atom. The van der Waals surface area contributed by atoms with Crippen molar-refractivity contribution in [3.8, 4) is 0 Å². The van der Waals surface area contributed by atoms with E-state index in [0.29, 0.717) is 5.41 Å². The minimum absolute atomic E-state index is 0.0431. The highest BCUT2D eigenvalue weighted by Gasteiger charge is 2.53. The standard InChI is InChI=1S/C16H20F/c17-15-3-1-14(2-4-15)16-8-11-5-12(9-16)7-13(6-11)10-16/h1,3-4,11-13H,2,5-10H2. The van der Waals surface area contributed by atoms with Gasteiger partial charge >= 0.3 is 0 Å². The second kappa shape index (κ2) is 3.46. The molecule has 0 aromatic rings. The average Bonchev–Trinajstić information content (AvgIpc) is 2.27. The molecule has 0 unspecified atom stereocenters. The van der Waals surface area contributed by atoms with Gasteiger partial charge in [-0.3, -0.25) is 0 Å². The van der Waals surface area contributed by atoms with Crippen molar-refractivity contribution in [3.05, 3.63) is 30.0 Å². The van der Waals surface area contributed by atoms with Crippen molar-refractivity contribution in [1.29, 1.82) is 0 Å². The third kappa shape index (κ3) is 1.54. The molecule has 5 rings (SSSR count). The van der Waals surface area contributed by atoms with Gasteiger partial charge in [-0.15, -0.1) is 0 Å². The van der Waals surface area contributed by atoms with Gasteiger partial charge in [-0.2, -0.15) is 0 Å². The van der Waals surface area contributed by atoms with E-state index in [1.54, 1.807) is 12.2 Å². The summed E-state index contributed by atoms with van der Waals surface area (Å²) in [5.74, 6) is 4.45. The van der Waals surface area contributed by atoms with E-state index in [1.165, 1.54) is 44.4 Å². The van der Waals surface area contributed by atoms with E-state index in [4.69, 9.17) is 0 Å². The highest BCUT2D eigenvalue weighted by Crippen LogP contribution is 2.64. The molecular weight excluding hydrogens is 211 g/mol. The van der Waals surface area contributed by atoms with Gasteiger partial charge in [0, 0.05) is 5.92 Å². The smallest absolute Gasteiger partial charge is 0.118 e. The van der Waals surface area contributed by atoms with Crippen LogP contribution in [0.2, 0.25) is 0 Å². The molecule has 0 N–H and O–H groups in total. The molecule has 1 radical (unpaired) electrons. The van der Waals surface area contributed by atoms with Gasteiger partial charge in [-0.05, 0) is 80.3 Å². The second-order valence-corrected chi connectivity index (χ2v) is 6.85. The van der Waals surface area contributed by atoms with E-state index in [9.17, 15) is 4.39 Å². The number of rotatable bonds is 1. The summed E-state index contributed by atoms with van der Waals surface area (Å²) in [6.07, 6.45) is 15.1. The van der Waals surface area contributed by atoms with Crippen LogP contribution in [0.5, 0.6) is 0 Å². The molecule has 4 saturated carbocycles. The number of hydrogen-bond donors (Lipinski definition) is 0. The van der Waals surface area contributed by atoms with Crippen LogP contribution in [0.1, 0.15) is 44.9 Å². The second-order valence-electron chi connectivity index (χ2n) is 6.85. The summed E-state index contributed by atoms with van der Waals surface area (Å²) in [6, 6.07) is 0. The lowest BCUT2D eigenvalue weighted by Gasteiger charge is -2.59. The van der Waals surface area contributed by atoms with Gasteiger partial charge in [0.1, 0.15) is 5.83 Å². The van der Waals surface area contributed by atoms with Crippen LogP contribution in [0, 0.1) is 29.1 Å². The summed E-state index contributed by atoms with van der Waals surface area (Å²) in [4.78, 5) is 0. The van der Waals surface area contributed by atoms with E-state index in [0.717, 1.165) is 24.2 Å². The zero-order valence-electron chi connectivity index (χ0n) is 10.3. The van der Waals surface area contributed by atoms with E-state index >= 15 is 0 Å². The van der Waals surface area contributed by atoms with Gasteiger partial charge in [0.25, 0.3) is 0 Å². The predicted molar refractivity (Wildman–Crippen MR) is 66.8 cm³/mol. The zero-order valence-corrected chi connectivity index (χ0v) is 10.3. The van der Waals surface area contributed by atoms with Crippen molar-refractivity contribution >= 4 is 0 Å². The molecule has 0 amide bonds. The molecule has 5 aliphatic carbocycles. The molecule has 5 aliphatic rings. The normalized spacial score (nSPS) is 48.5.